The van der Waals surface area contributed by atoms with Crippen LogP contribution < -0.4 is 0 Å². The Labute approximate surface area is 60.8 Å². The predicted molar refractivity (Wildman–Crippen MR) is 29.6 cm³/mol. The first-order valence-electron chi connectivity index (χ1n) is 2.83. The molecule has 0 aliphatic carbocycles. The van der Waals surface area contributed by atoms with Crippen LogP contribution in [0.1, 0.15) is 5.69 Å². The van der Waals surface area contributed by atoms with E-state index in [1.54, 1.807) is 0 Å². The topological polar surface area (TPSA) is 30.7 Å². The molecule has 0 unspecified atom stereocenters. The van der Waals surface area contributed by atoms with E-state index in [1.807, 2.05) is 0 Å². The van der Waals surface area contributed by atoms with E-state index in [0.717, 1.165) is 0 Å². The van der Waals surface area contributed by atoms with E-state index in [4.69, 9.17) is 0 Å². The van der Waals surface area contributed by atoms with Crippen LogP contribution in [0.2, 0.25) is 0 Å². The fraction of sp³-hybridized carbons (Fsp3) is 0.600. The molecule has 0 fully saturated rings. The number of halogens is 3. The van der Waals surface area contributed by atoms with Gasteiger partial charge in [-0.15, -0.1) is 5.10 Å². The van der Waals surface area contributed by atoms with Crippen LogP contribution in [-0.4, -0.2) is 21.2 Å². The predicted octanol–water partition coefficient (Wildman–Crippen LogP) is 0.949. The molecule has 0 bridgehead atoms. The second-order valence-electron chi connectivity index (χ2n) is 2.06. The van der Waals surface area contributed by atoms with Crippen molar-refractivity contribution in [3.63, 3.8) is 0 Å². The zero-order chi connectivity index (χ0) is 8.48. The highest BCUT2D eigenvalue weighted by molar-refractivity contribution is 4.83. The van der Waals surface area contributed by atoms with Crippen LogP contribution in [-0.2, 0) is 6.54 Å². The van der Waals surface area contributed by atoms with Gasteiger partial charge in [-0.1, -0.05) is 5.21 Å². The molecule has 0 saturated carbocycles. The van der Waals surface area contributed by atoms with Crippen molar-refractivity contribution in [2.24, 2.45) is 0 Å². The Morgan fingerprint density at radius 2 is 2.18 bits per heavy atom. The molecule has 0 aromatic carbocycles. The van der Waals surface area contributed by atoms with Crippen molar-refractivity contribution >= 4 is 0 Å². The molecule has 0 spiro atoms. The minimum atomic E-state index is -4.25. The molecule has 0 aliphatic heterocycles. The van der Waals surface area contributed by atoms with Crippen LogP contribution >= 0.6 is 0 Å². The quantitative estimate of drug-likeness (QED) is 0.618. The fourth-order valence-electron chi connectivity index (χ4n) is 0.594. The van der Waals surface area contributed by atoms with Gasteiger partial charge in [0.1, 0.15) is 12.7 Å². The molecule has 1 aromatic rings. The molecule has 11 heavy (non-hydrogen) atoms. The molecule has 3 nitrogen and oxygen atoms in total. The Morgan fingerprint density at radius 3 is 2.55 bits per heavy atom. The van der Waals surface area contributed by atoms with E-state index in [-0.39, 0.29) is 0 Å². The minimum Gasteiger partial charge on any atom is -0.234 e. The van der Waals surface area contributed by atoms with E-state index in [2.05, 4.69) is 16.5 Å². The van der Waals surface area contributed by atoms with Gasteiger partial charge in [0.05, 0.1) is 5.69 Å². The Kier molecular flexibility index (Phi) is 1.84. The Hall–Kier alpha value is -1.07. The van der Waals surface area contributed by atoms with Crippen molar-refractivity contribution in [3.05, 3.63) is 11.9 Å². The molecular formula is C5H5F3N3. The van der Waals surface area contributed by atoms with E-state index >= 15 is 0 Å². The SMILES string of the molecule is Cc1[c]n(CC(F)(F)F)nn1. The summed E-state index contributed by atoms with van der Waals surface area (Å²) in [4.78, 5) is 0. The lowest BCUT2D eigenvalue weighted by Crippen LogP contribution is -2.18. The monoisotopic (exact) mass is 164 g/mol. The van der Waals surface area contributed by atoms with Gasteiger partial charge in [0.25, 0.3) is 0 Å². The number of aromatic nitrogens is 3. The van der Waals surface area contributed by atoms with Gasteiger partial charge < -0.3 is 0 Å². The van der Waals surface area contributed by atoms with Crippen LogP contribution in [0.15, 0.2) is 0 Å². The summed E-state index contributed by atoms with van der Waals surface area (Å²) in [5.41, 5.74) is 0.356. The zero-order valence-electron chi connectivity index (χ0n) is 5.68. The van der Waals surface area contributed by atoms with E-state index in [0.29, 0.717) is 10.4 Å². The highest BCUT2D eigenvalue weighted by Crippen LogP contribution is 2.16. The minimum absolute atomic E-state index is 0.356. The third-order valence-electron chi connectivity index (χ3n) is 0.923. The van der Waals surface area contributed by atoms with Gasteiger partial charge in [0.15, 0.2) is 0 Å². The zero-order valence-corrected chi connectivity index (χ0v) is 5.68. The third-order valence-corrected chi connectivity index (χ3v) is 0.923. The number of nitrogens with zero attached hydrogens (tertiary/aromatic N) is 3. The summed E-state index contributed by atoms with van der Waals surface area (Å²) in [6.07, 6.45) is -1.95. The van der Waals surface area contributed by atoms with Gasteiger partial charge in [0.2, 0.25) is 0 Å². The highest BCUT2D eigenvalue weighted by Gasteiger charge is 2.28. The smallest absolute Gasteiger partial charge is 0.234 e. The molecule has 1 radical (unpaired) electrons. The molecule has 61 valence electrons. The fourth-order valence-corrected chi connectivity index (χ4v) is 0.594. The first kappa shape index (κ1) is 8.03. The van der Waals surface area contributed by atoms with Gasteiger partial charge in [-0.05, 0) is 6.92 Å². The molecule has 0 aliphatic rings. The number of aryl methyl sites for hydroxylation is 1. The summed E-state index contributed by atoms with van der Waals surface area (Å²) in [6, 6.07) is 0. The van der Waals surface area contributed by atoms with Crippen molar-refractivity contribution in [2.75, 3.05) is 0 Å². The maximum absolute atomic E-state index is 11.6. The number of hydrogen-bond acceptors (Lipinski definition) is 2. The summed E-state index contributed by atoms with van der Waals surface area (Å²) in [6.45, 7) is 0.397. The molecule has 1 aromatic heterocycles. The van der Waals surface area contributed by atoms with Crippen LogP contribution in [0.25, 0.3) is 0 Å². The summed E-state index contributed by atoms with van der Waals surface area (Å²) in [7, 11) is 0. The highest BCUT2D eigenvalue weighted by atomic mass is 19.4. The number of hydrogen-bond donors (Lipinski definition) is 0. The number of rotatable bonds is 1. The molecular weight excluding hydrogens is 159 g/mol. The summed E-state index contributed by atoms with van der Waals surface area (Å²) >= 11 is 0. The molecule has 1 heterocycles. The van der Waals surface area contributed by atoms with Gasteiger partial charge >= 0.3 is 6.18 Å². The maximum atomic E-state index is 11.6. The standard InChI is InChI=1S/C5H5F3N3/c1-4-2-11(10-9-4)3-5(6,7)8/h3H2,1H3. The number of alkyl halides is 3. The first-order chi connectivity index (χ1) is 4.97. The maximum Gasteiger partial charge on any atom is 0.408 e. The van der Waals surface area contributed by atoms with E-state index in [1.165, 1.54) is 6.92 Å². The van der Waals surface area contributed by atoms with Gasteiger partial charge in [-0.25, -0.2) is 4.68 Å². The Balaban J connectivity index is 2.65. The van der Waals surface area contributed by atoms with E-state index < -0.39 is 12.7 Å². The van der Waals surface area contributed by atoms with Gasteiger partial charge in [-0.2, -0.15) is 13.2 Å². The first-order valence-corrected chi connectivity index (χ1v) is 2.83. The summed E-state index contributed by atoms with van der Waals surface area (Å²) in [5, 5.41) is 6.55. The Bertz CT molecular complexity index is 239. The van der Waals surface area contributed by atoms with Crippen molar-refractivity contribution < 1.29 is 13.2 Å². The molecule has 1 rings (SSSR count). The molecule has 0 amide bonds. The van der Waals surface area contributed by atoms with Crippen molar-refractivity contribution in [1.82, 2.24) is 15.0 Å². The molecule has 6 heteroatoms. The van der Waals surface area contributed by atoms with Gasteiger partial charge in [-0.3, -0.25) is 0 Å². The van der Waals surface area contributed by atoms with Crippen molar-refractivity contribution in [2.45, 2.75) is 19.6 Å². The van der Waals surface area contributed by atoms with Crippen LogP contribution in [0.4, 0.5) is 13.2 Å². The summed E-state index contributed by atoms with van der Waals surface area (Å²) < 4.78 is 35.6. The molecule has 0 N–H and O–H groups in total. The van der Waals surface area contributed by atoms with Gasteiger partial charge in [0, 0.05) is 0 Å². The second kappa shape index (κ2) is 2.52. The second-order valence-corrected chi connectivity index (χ2v) is 2.06. The largest absolute Gasteiger partial charge is 0.408 e. The molecule has 0 atom stereocenters. The average molecular weight is 164 g/mol. The lowest BCUT2D eigenvalue weighted by atomic mass is 10.5. The lowest BCUT2D eigenvalue weighted by molar-refractivity contribution is -0.143. The van der Waals surface area contributed by atoms with Crippen molar-refractivity contribution in [1.29, 1.82) is 0 Å². The van der Waals surface area contributed by atoms with Crippen molar-refractivity contribution in [3.8, 4) is 0 Å². The van der Waals surface area contributed by atoms with Crippen LogP contribution in [0.5, 0.6) is 0 Å². The molecule has 0 saturated heterocycles. The Morgan fingerprint density at radius 1 is 1.55 bits per heavy atom. The van der Waals surface area contributed by atoms with Crippen LogP contribution in [0, 0.1) is 13.1 Å². The summed E-state index contributed by atoms with van der Waals surface area (Å²) in [5.74, 6) is 0. The normalized spacial score (nSPS) is 12.0. The third kappa shape index (κ3) is 2.57. The average Bonchev–Trinajstić information content (AvgIpc) is 2.10. The lowest BCUT2D eigenvalue weighted by Gasteiger charge is -2.03. The van der Waals surface area contributed by atoms with Crippen LogP contribution in [0.3, 0.4) is 0 Å². The van der Waals surface area contributed by atoms with E-state index in [9.17, 15) is 13.2 Å².